The molecular weight excluding hydrogens is 359 g/mol. The lowest BCUT2D eigenvalue weighted by Crippen LogP contribution is -2.37. The summed E-state index contributed by atoms with van der Waals surface area (Å²) >= 11 is 0. The molecule has 8 heteroatoms. The number of fused-ring (bicyclic) bond motifs is 1. The lowest BCUT2D eigenvalue weighted by molar-refractivity contribution is 0.299. The van der Waals surface area contributed by atoms with Gasteiger partial charge in [0.15, 0.2) is 0 Å². The zero-order chi connectivity index (χ0) is 17.4. The molecule has 3 N–H and O–H groups in total. The molecule has 1 aliphatic carbocycles. The maximum absolute atomic E-state index is 14.4. The van der Waals surface area contributed by atoms with Gasteiger partial charge in [0.25, 0.3) is 5.56 Å². The van der Waals surface area contributed by atoms with Gasteiger partial charge in [0.05, 0.1) is 12.1 Å². The van der Waals surface area contributed by atoms with Gasteiger partial charge in [-0.05, 0) is 44.1 Å². The molecule has 0 radical (unpaired) electrons. The first-order chi connectivity index (χ1) is 12.1. The molecule has 2 aromatic rings. The summed E-state index contributed by atoms with van der Waals surface area (Å²) in [4.78, 5) is 21.6. The molecule has 1 aromatic heterocycles. The van der Waals surface area contributed by atoms with Crippen molar-refractivity contribution < 1.29 is 9.13 Å². The number of hydrogen-bond donors (Lipinski definition) is 2. The number of hydrogen-bond acceptors (Lipinski definition) is 5. The number of aromatic amines is 1. The van der Waals surface area contributed by atoms with Crippen LogP contribution in [0.4, 0.5) is 10.3 Å². The maximum atomic E-state index is 14.4. The highest BCUT2D eigenvalue weighted by Gasteiger charge is 2.23. The molecule has 1 saturated carbocycles. The summed E-state index contributed by atoms with van der Waals surface area (Å²) < 4.78 is 20.0. The van der Waals surface area contributed by atoms with Crippen molar-refractivity contribution >= 4 is 29.3 Å². The summed E-state index contributed by atoms with van der Waals surface area (Å²) in [5.41, 5.74) is 5.61. The molecule has 6 nitrogen and oxygen atoms in total. The van der Waals surface area contributed by atoms with Gasteiger partial charge in [-0.25, -0.2) is 9.37 Å². The average Bonchev–Trinajstić information content (AvgIpc) is 3.44. The van der Waals surface area contributed by atoms with E-state index in [1.165, 1.54) is 6.07 Å². The number of ether oxygens (including phenoxy) is 1. The molecule has 2 aliphatic rings. The zero-order valence-corrected chi connectivity index (χ0v) is 15.4. The van der Waals surface area contributed by atoms with Gasteiger partial charge in [0, 0.05) is 25.2 Å². The molecule has 0 unspecified atom stereocenters. The first-order valence-corrected chi connectivity index (χ1v) is 8.95. The molecule has 4 rings (SSSR count). The van der Waals surface area contributed by atoms with E-state index in [-0.39, 0.29) is 17.8 Å². The Bertz CT molecular complexity index is 832. The summed E-state index contributed by atoms with van der Waals surface area (Å²) in [5.74, 6) is 1.42. The Morgan fingerprint density at radius 1 is 1.23 bits per heavy atom. The minimum atomic E-state index is -0.592. The molecule has 2 heterocycles. The van der Waals surface area contributed by atoms with E-state index < -0.39 is 11.4 Å². The largest absolute Gasteiger partial charge is 0.493 e. The number of nitrogens with one attached hydrogen (secondary N) is 1. The minimum absolute atomic E-state index is 0. The van der Waals surface area contributed by atoms with Crippen LogP contribution in [0, 0.1) is 17.7 Å². The standard InChI is InChI=1S/C18H23FN4O2.ClH/c19-14-7-13(25-10-12-1-2-12)8-15-16(14)17(24)22-18(21-15)23-5-3-11(9-20)4-6-23;/h7-8,11-12H,1-6,9-10,20H2,(H,21,22,24);1H. The molecule has 2 fully saturated rings. The van der Waals surface area contributed by atoms with Gasteiger partial charge in [0.1, 0.15) is 17.0 Å². The first kappa shape index (κ1) is 18.9. The maximum Gasteiger partial charge on any atom is 0.263 e. The fourth-order valence-corrected chi connectivity index (χ4v) is 3.30. The van der Waals surface area contributed by atoms with E-state index in [9.17, 15) is 9.18 Å². The van der Waals surface area contributed by atoms with Gasteiger partial charge in [-0.3, -0.25) is 9.78 Å². The van der Waals surface area contributed by atoms with Crippen LogP contribution < -0.4 is 20.9 Å². The number of halogens is 2. The Hall–Kier alpha value is -1.86. The highest BCUT2D eigenvalue weighted by atomic mass is 35.5. The third kappa shape index (κ3) is 3.94. The number of nitrogens with two attached hydrogens (primary N) is 1. The van der Waals surface area contributed by atoms with Crippen molar-refractivity contribution in [3.8, 4) is 5.75 Å². The van der Waals surface area contributed by atoms with E-state index in [1.807, 2.05) is 4.90 Å². The van der Waals surface area contributed by atoms with Crippen LogP contribution in [-0.4, -0.2) is 36.2 Å². The molecule has 1 aromatic carbocycles. The molecule has 0 bridgehead atoms. The van der Waals surface area contributed by atoms with Crippen LogP contribution >= 0.6 is 12.4 Å². The molecular formula is C18H24ClFN4O2. The first-order valence-electron chi connectivity index (χ1n) is 8.95. The Balaban J connectivity index is 0.00000196. The fraction of sp³-hybridized carbons (Fsp3) is 0.556. The normalized spacial score (nSPS) is 18.0. The third-order valence-electron chi connectivity index (χ3n) is 5.15. The Labute approximate surface area is 157 Å². The van der Waals surface area contributed by atoms with Gasteiger partial charge in [-0.1, -0.05) is 0 Å². The van der Waals surface area contributed by atoms with Gasteiger partial charge in [-0.2, -0.15) is 0 Å². The highest BCUT2D eigenvalue weighted by molar-refractivity contribution is 5.85. The quantitative estimate of drug-likeness (QED) is 0.829. The summed E-state index contributed by atoms with van der Waals surface area (Å²) in [7, 11) is 0. The lowest BCUT2D eigenvalue weighted by Gasteiger charge is -2.31. The van der Waals surface area contributed by atoms with Crippen molar-refractivity contribution in [1.29, 1.82) is 0 Å². The average molecular weight is 383 g/mol. The molecule has 0 amide bonds. The van der Waals surface area contributed by atoms with E-state index in [1.54, 1.807) is 6.07 Å². The summed E-state index contributed by atoms with van der Waals surface area (Å²) in [6, 6.07) is 2.93. The van der Waals surface area contributed by atoms with Crippen LogP contribution in [0.5, 0.6) is 5.75 Å². The van der Waals surface area contributed by atoms with E-state index in [0.717, 1.165) is 38.8 Å². The van der Waals surface area contributed by atoms with Crippen LogP contribution in [0.1, 0.15) is 25.7 Å². The topological polar surface area (TPSA) is 84.2 Å². The van der Waals surface area contributed by atoms with Gasteiger partial charge >= 0.3 is 0 Å². The van der Waals surface area contributed by atoms with Gasteiger partial charge in [0.2, 0.25) is 5.95 Å². The zero-order valence-electron chi connectivity index (χ0n) is 14.5. The van der Waals surface area contributed by atoms with Crippen molar-refractivity contribution in [1.82, 2.24) is 9.97 Å². The molecule has 1 aliphatic heterocycles. The monoisotopic (exact) mass is 382 g/mol. The van der Waals surface area contributed by atoms with Gasteiger partial charge < -0.3 is 15.4 Å². The van der Waals surface area contributed by atoms with Crippen molar-refractivity contribution in [2.75, 3.05) is 31.1 Å². The second-order valence-corrected chi connectivity index (χ2v) is 7.11. The number of nitrogens with zero attached hydrogens (tertiary/aromatic N) is 2. The summed E-state index contributed by atoms with van der Waals surface area (Å²) in [6.07, 6.45) is 4.27. The fourth-order valence-electron chi connectivity index (χ4n) is 3.30. The summed E-state index contributed by atoms with van der Waals surface area (Å²) in [6.45, 7) is 2.85. The SMILES string of the molecule is Cl.NCC1CCN(c2nc3cc(OCC4CC4)cc(F)c3c(=O)[nH]2)CC1. The number of aromatic nitrogens is 2. The Morgan fingerprint density at radius 2 is 1.96 bits per heavy atom. The van der Waals surface area contributed by atoms with E-state index in [2.05, 4.69) is 9.97 Å². The van der Waals surface area contributed by atoms with Crippen LogP contribution in [-0.2, 0) is 0 Å². The summed E-state index contributed by atoms with van der Waals surface area (Å²) in [5, 5.41) is -0.0145. The minimum Gasteiger partial charge on any atom is -0.493 e. The van der Waals surface area contributed by atoms with E-state index >= 15 is 0 Å². The van der Waals surface area contributed by atoms with Crippen LogP contribution in [0.3, 0.4) is 0 Å². The highest BCUT2D eigenvalue weighted by Crippen LogP contribution is 2.30. The number of benzene rings is 1. The molecule has 0 spiro atoms. The van der Waals surface area contributed by atoms with Crippen LogP contribution in [0.25, 0.3) is 10.9 Å². The smallest absolute Gasteiger partial charge is 0.263 e. The van der Waals surface area contributed by atoms with Crippen molar-refractivity contribution in [3.63, 3.8) is 0 Å². The number of anilines is 1. The lowest BCUT2D eigenvalue weighted by atomic mass is 9.97. The number of rotatable bonds is 5. The number of H-pyrrole nitrogens is 1. The van der Waals surface area contributed by atoms with Crippen molar-refractivity contribution in [2.45, 2.75) is 25.7 Å². The molecule has 1 saturated heterocycles. The number of piperidine rings is 1. The van der Waals surface area contributed by atoms with Gasteiger partial charge in [-0.15, -0.1) is 12.4 Å². The van der Waals surface area contributed by atoms with Crippen molar-refractivity contribution in [2.24, 2.45) is 17.6 Å². The second kappa shape index (κ2) is 7.80. The predicted octanol–water partition coefficient (Wildman–Crippen LogP) is 2.45. The van der Waals surface area contributed by atoms with E-state index in [4.69, 9.17) is 10.5 Å². The molecule has 26 heavy (non-hydrogen) atoms. The molecule has 142 valence electrons. The van der Waals surface area contributed by atoms with Crippen LogP contribution in [0.2, 0.25) is 0 Å². The second-order valence-electron chi connectivity index (χ2n) is 7.11. The Morgan fingerprint density at radius 3 is 2.62 bits per heavy atom. The van der Waals surface area contributed by atoms with Crippen molar-refractivity contribution in [3.05, 3.63) is 28.3 Å². The predicted molar refractivity (Wildman–Crippen MR) is 102 cm³/mol. The molecule has 0 atom stereocenters. The van der Waals surface area contributed by atoms with Crippen LogP contribution in [0.15, 0.2) is 16.9 Å². The Kier molecular flexibility index (Phi) is 5.67. The third-order valence-corrected chi connectivity index (χ3v) is 5.15. The van der Waals surface area contributed by atoms with E-state index in [0.29, 0.717) is 42.2 Å².